The molecule has 0 spiro atoms. The molecule has 1 heterocycles. The largest absolute Gasteiger partial charge is 0.350 e. The Bertz CT molecular complexity index is 959. The molecule has 1 N–H and O–H groups in total. The van der Waals surface area contributed by atoms with E-state index in [1.165, 1.54) is 5.56 Å². The van der Waals surface area contributed by atoms with Crippen LogP contribution in [-0.4, -0.2) is 17.0 Å². The number of hydrogen-bond donors (Lipinski definition) is 1. The van der Waals surface area contributed by atoms with Gasteiger partial charge in [0.15, 0.2) is 0 Å². The Morgan fingerprint density at radius 3 is 2.56 bits per heavy atom. The lowest BCUT2D eigenvalue weighted by atomic mass is 10.1. The summed E-state index contributed by atoms with van der Waals surface area (Å²) in [6.45, 7) is 4.83. The van der Waals surface area contributed by atoms with E-state index < -0.39 is 0 Å². The van der Waals surface area contributed by atoms with Gasteiger partial charge >= 0.3 is 0 Å². The topological polar surface area (TPSA) is 51.1 Å². The molecule has 3 aromatic rings. The number of aromatic nitrogens is 1. The molecule has 0 saturated carbocycles. The van der Waals surface area contributed by atoms with E-state index in [9.17, 15) is 9.59 Å². The fourth-order valence-corrected chi connectivity index (χ4v) is 3.02. The molecular weight excluding hydrogens is 312 g/mol. The van der Waals surface area contributed by atoms with E-state index in [4.69, 9.17) is 0 Å². The summed E-state index contributed by atoms with van der Waals surface area (Å²) in [5.74, 6) is -0.211. The van der Waals surface area contributed by atoms with Gasteiger partial charge in [-0.3, -0.25) is 9.59 Å². The average molecular weight is 334 g/mol. The maximum Gasteiger partial charge on any atom is 0.268 e. The first kappa shape index (κ1) is 17.0. The van der Waals surface area contributed by atoms with Crippen molar-refractivity contribution < 1.29 is 4.79 Å². The zero-order valence-electron chi connectivity index (χ0n) is 14.6. The quantitative estimate of drug-likeness (QED) is 0.778. The molecule has 0 atom stereocenters. The van der Waals surface area contributed by atoms with Crippen molar-refractivity contribution in [1.29, 1.82) is 0 Å². The molecule has 0 radical (unpaired) electrons. The third-order valence-corrected chi connectivity index (χ3v) is 4.36. The number of carbonyl (C=O) groups is 1. The van der Waals surface area contributed by atoms with Crippen LogP contribution in [0.2, 0.25) is 0 Å². The van der Waals surface area contributed by atoms with Gasteiger partial charge in [0.1, 0.15) is 5.69 Å². The summed E-state index contributed by atoms with van der Waals surface area (Å²) in [6, 6.07) is 17.5. The fraction of sp³-hybridized carbons (Fsp3) is 0.238. The summed E-state index contributed by atoms with van der Waals surface area (Å²) < 4.78 is 1.54. The molecule has 3 rings (SSSR count). The van der Waals surface area contributed by atoms with Crippen molar-refractivity contribution in [3.05, 3.63) is 81.8 Å². The predicted octanol–water partition coefficient (Wildman–Crippen LogP) is 3.30. The first-order valence-corrected chi connectivity index (χ1v) is 8.56. The van der Waals surface area contributed by atoms with Gasteiger partial charge in [-0.25, -0.2) is 0 Å². The van der Waals surface area contributed by atoms with E-state index in [-0.39, 0.29) is 11.5 Å². The highest BCUT2D eigenvalue weighted by Gasteiger charge is 2.14. The lowest BCUT2D eigenvalue weighted by molar-refractivity contribution is 0.0944. The number of fused-ring (bicyclic) bond motifs is 1. The first-order chi connectivity index (χ1) is 12.1. The van der Waals surface area contributed by atoms with Crippen LogP contribution < -0.4 is 10.9 Å². The number of carbonyl (C=O) groups excluding carboxylic acids is 1. The van der Waals surface area contributed by atoms with Gasteiger partial charge in [0, 0.05) is 18.5 Å². The molecule has 0 aliphatic carbocycles. The van der Waals surface area contributed by atoms with Crippen LogP contribution in [0.25, 0.3) is 10.8 Å². The van der Waals surface area contributed by atoms with Crippen LogP contribution in [0.4, 0.5) is 0 Å². The Labute approximate surface area is 147 Å². The molecule has 0 unspecified atom stereocenters. The molecule has 0 saturated heterocycles. The molecule has 0 aliphatic rings. The Morgan fingerprint density at radius 1 is 1.08 bits per heavy atom. The zero-order valence-corrected chi connectivity index (χ0v) is 14.6. The lowest BCUT2D eigenvalue weighted by Gasteiger charge is -2.13. The Balaban J connectivity index is 1.85. The molecule has 0 fully saturated rings. The molecule has 2 aromatic carbocycles. The highest BCUT2D eigenvalue weighted by atomic mass is 16.2. The lowest BCUT2D eigenvalue weighted by Crippen LogP contribution is -2.33. The number of pyridine rings is 1. The smallest absolute Gasteiger partial charge is 0.268 e. The van der Waals surface area contributed by atoms with Crippen LogP contribution in [0.3, 0.4) is 0 Å². The van der Waals surface area contributed by atoms with E-state index in [0.29, 0.717) is 24.2 Å². The molecule has 4 heteroatoms. The van der Waals surface area contributed by atoms with Gasteiger partial charge in [0.2, 0.25) is 0 Å². The maximum atomic E-state index is 12.7. The maximum absolute atomic E-state index is 12.7. The summed E-state index contributed by atoms with van der Waals surface area (Å²) >= 11 is 0. The molecule has 0 bridgehead atoms. The standard InChI is InChI=1S/C21H22N2O2/c1-3-23-19(14-17-10-9-15(2)13-18(17)21(23)25)20(24)22-12-11-16-7-5-4-6-8-16/h4-10,13-14H,3,11-12H2,1-2H3,(H,22,24). The number of rotatable bonds is 5. The second-order valence-corrected chi connectivity index (χ2v) is 6.16. The Hall–Kier alpha value is -2.88. The van der Waals surface area contributed by atoms with E-state index >= 15 is 0 Å². The van der Waals surface area contributed by atoms with Crippen LogP contribution in [0.15, 0.2) is 59.4 Å². The van der Waals surface area contributed by atoms with Crippen LogP contribution in [0, 0.1) is 6.92 Å². The van der Waals surface area contributed by atoms with E-state index in [0.717, 1.165) is 17.4 Å². The number of benzene rings is 2. The van der Waals surface area contributed by atoms with Crippen molar-refractivity contribution in [1.82, 2.24) is 9.88 Å². The minimum absolute atomic E-state index is 0.114. The molecular formula is C21H22N2O2. The second kappa shape index (κ2) is 7.34. The van der Waals surface area contributed by atoms with Crippen LogP contribution in [0.5, 0.6) is 0 Å². The van der Waals surface area contributed by atoms with Crippen molar-refractivity contribution in [3.63, 3.8) is 0 Å². The molecule has 4 nitrogen and oxygen atoms in total. The number of amides is 1. The van der Waals surface area contributed by atoms with Crippen LogP contribution in [-0.2, 0) is 13.0 Å². The minimum atomic E-state index is -0.211. The third-order valence-electron chi connectivity index (χ3n) is 4.36. The van der Waals surface area contributed by atoms with Crippen molar-refractivity contribution in [2.45, 2.75) is 26.8 Å². The monoisotopic (exact) mass is 334 g/mol. The summed E-state index contributed by atoms with van der Waals surface area (Å²) in [6.07, 6.45) is 0.760. The first-order valence-electron chi connectivity index (χ1n) is 8.56. The summed E-state index contributed by atoms with van der Waals surface area (Å²) in [5, 5.41) is 4.38. The van der Waals surface area contributed by atoms with E-state index in [2.05, 4.69) is 5.32 Å². The van der Waals surface area contributed by atoms with Crippen LogP contribution in [0.1, 0.15) is 28.5 Å². The number of hydrogen-bond acceptors (Lipinski definition) is 2. The highest BCUT2D eigenvalue weighted by molar-refractivity contribution is 5.96. The van der Waals surface area contributed by atoms with Crippen molar-refractivity contribution in [2.24, 2.45) is 0 Å². The van der Waals surface area contributed by atoms with Gasteiger partial charge in [-0.15, -0.1) is 0 Å². The normalized spacial score (nSPS) is 10.8. The van der Waals surface area contributed by atoms with Crippen molar-refractivity contribution in [3.8, 4) is 0 Å². The molecule has 25 heavy (non-hydrogen) atoms. The van der Waals surface area contributed by atoms with Gasteiger partial charge in [-0.05, 0) is 43.4 Å². The van der Waals surface area contributed by atoms with Crippen LogP contribution >= 0.6 is 0 Å². The minimum Gasteiger partial charge on any atom is -0.350 e. The number of nitrogens with one attached hydrogen (secondary N) is 1. The summed E-state index contributed by atoms with van der Waals surface area (Å²) in [5.41, 5.74) is 2.51. The van der Waals surface area contributed by atoms with Gasteiger partial charge < -0.3 is 9.88 Å². The summed E-state index contributed by atoms with van der Waals surface area (Å²) in [4.78, 5) is 25.3. The molecule has 1 aromatic heterocycles. The van der Waals surface area contributed by atoms with E-state index in [1.54, 1.807) is 10.6 Å². The van der Waals surface area contributed by atoms with Crippen molar-refractivity contribution >= 4 is 16.7 Å². The average Bonchev–Trinajstić information content (AvgIpc) is 2.63. The fourth-order valence-electron chi connectivity index (χ4n) is 3.02. The number of nitrogens with zero attached hydrogens (tertiary/aromatic N) is 1. The zero-order chi connectivity index (χ0) is 17.8. The third kappa shape index (κ3) is 3.63. The molecule has 0 aliphatic heterocycles. The van der Waals surface area contributed by atoms with Gasteiger partial charge in [0.25, 0.3) is 11.5 Å². The van der Waals surface area contributed by atoms with Gasteiger partial charge in [-0.1, -0.05) is 48.0 Å². The predicted molar refractivity (Wildman–Crippen MR) is 101 cm³/mol. The highest BCUT2D eigenvalue weighted by Crippen LogP contribution is 2.14. The van der Waals surface area contributed by atoms with E-state index in [1.807, 2.05) is 62.4 Å². The Kier molecular flexibility index (Phi) is 4.98. The molecule has 128 valence electrons. The van der Waals surface area contributed by atoms with Gasteiger partial charge in [0.05, 0.1) is 0 Å². The molecule has 1 amide bonds. The Morgan fingerprint density at radius 2 is 1.84 bits per heavy atom. The van der Waals surface area contributed by atoms with Gasteiger partial charge in [-0.2, -0.15) is 0 Å². The summed E-state index contributed by atoms with van der Waals surface area (Å²) in [7, 11) is 0. The second-order valence-electron chi connectivity index (χ2n) is 6.16. The van der Waals surface area contributed by atoms with Crippen molar-refractivity contribution in [2.75, 3.05) is 6.54 Å². The SMILES string of the molecule is CCn1c(C(=O)NCCc2ccccc2)cc2ccc(C)cc2c1=O. The number of aryl methyl sites for hydroxylation is 1.